The third-order valence-corrected chi connectivity index (χ3v) is 2.13. The van der Waals surface area contributed by atoms with Gasteiger partial charge in [0.05, 0.1) is 12.2 Å². The molecule has 2 nitrogen and oxygen atoms in total. The highest BCUT2D eigenvalue weighted by Crippen LogP contribution is 2.36. The van der Waals surface area contributed by atoms with Crippen LogP contribution >= 0.6 is 0 Å². The van der Waals surface area contributed by atoms with Gasteiger partial charge >= 0.3 is 6.18 Å². The Morgan fingerprint density at radius 3 is 2.47 bits per heavy atom. The van der Waals surface area contributed by atoms with Crippen LogP contribution in [0.3, 0.4) is 0 Å². The molecular formula is C12H15F3O2. The minimum atomic E-state index is -4.40. The van der Waals surface area contributed by atoms with Crippen molar-refractivity contribution in [2.45, 2.75) is 20.0 Å². The van der Waals surface area contributed by atoms with E-state index >= 15 is 0 Å². The van der Waals surface area contributed by atoms with Crippen molar-refractivity contribution >= 4 is 0 Å². The maximum Gasteiger partial charge on any atom is 0.419 e. The molecule has 0 aliphatic rings. The Kier molecular flexibility index (Phi) is 4.81. The van der Waals surface area contributed by atoms with E-state index in [2.05, 4.69) is 0 Å². The number of aryl methyl sites for hydroxylation is 1. The molecule has 0 aromatic heterocycles. The lowest BCUT2D eigenvalue weighted by atomic mass is 10.1. The van der Waals surface area contributed by atoms with E-state index in [0.29, 0.717) is 12.2 Å². The van der Waals surface area contributed by atoms with E-state index in [0.717, 1.165) is 6.07 Å². The summed E-state index contributed by atoms with van der Waals surface area (Å²) in [6, 6.07) is 4.01. The molecule has 0 saturated carbocycles. The molecule has 0 bridgehead atoms. The molecule has 96 valence electrons. The molecule has 0 amide bonds. The molecular weight excluding hydrogens is 233 g/mol. The first kappa shape index (κ1) is 13.8. The quantitative estimate of drug-likeness (QED) is 0.743. The van der Waals surface area contributed by atoms with Crippen LogP contribution in [-0.2, 0) is 10.9 Å². The van der Waals surface area contributed by atoms with Crippen molar-refractivity contribution in [3.63, 3.8) is 0 Å². The van der Waals surface area contributed by atoms with Crippen LogP contribution in [0.4, 0.5) is 13.2 Å². The van der Waals surface area contributed by atoms with Crippen LogP contribution < -0.4 is 4.74 Å². The summed E-state index contributed by atoms with van der Waals surface area (Å²) >= 11 is 0. The average molecular weight is 248 g/mol. The molecule has 0 unspecified atom stereocenters. The van der Waals surface area contributed by atoms with Gasteiger partial charge in [0.15, 0.2) is 0 Å². The lowest BCUT2D eigenvalue weighted by Gasteiger charge is -2.14. The van der Waals surface area contributed by atoms with E-state index in [4.69, 9.17) is 9.47 Å². The van der Waals surface area contributed by atoms with Crippen molar-refractivity contribution in [1.29, 1.82) is 0 Å². The van der Waals surface area contributed by atoms with Crippen LogP contribution in [0.2, 0.25) is 0 Å². The number of benzene rings is 1. The van der Waals surface area contributed by atoms with Gasteiger partial charge in [0.2, 0.25) is 0 Å². The normalized spacial score (nSPS) is 11.6. The summed E-state index contributed by atoms with van der Waals surface area (Å²) in [6.45, 7) is 4.33. The van der Waals surface area contributed by atoms with E-state index in [9.17, 15) is 13.2 Å². The molecule has 5 heteroatoms. The lowest BCUT2D eigenvalue weighted by molar-refractivity contribution is -0.139. The zero-order valence-corrected chi connectivity index (χ0v) is 9.80. The first-order valence-corrected chi connectivity index (χ1v) is 5.33. The van der Waals surface area contributed by atoms with Crippen molar-refractivity contribution in [2.24, 2.45) is 0 Å². The molecule has 0 atom stereocenters. The topological polar surface area (TPSA) is 18.5 Å². The van der Waals surface area contributed by atoms with Crippen molar-refractivity contribution in [3.8, 4) is 5.75 Å². The van der Waals surface area contributed by atoms with Gasteiger partial charge in [-0.25, -0.2) is 0 Å². The van der Waals surface area contributed by atoms with Gasteiger partial charge < -0.3 is 9.47 Å². The molecule has 0 heterocycles. The van der Waals surface area contributed by atoms with Gasteiger partial charge in [0.25, 0.3) is 0 Å². The summed E-state index contributed by atoms with van der Waals surface area (Å²) < 4.78 is 48.2. The van der Waals surface area contributed by atoms with Gasteiger partial charge in [-0.1, -0.05) is 11.6 Å². The Morgan fingerprint density at radius 2 is 1.88 bits per heavy atom. The Morgan fingerprint density at radius 1 is 1.18 bits per heavy atom. The van der Waals surface area contributed by atoms with Crippen LogP contribution in [0.15, 0.2) is 18.2 Å². The number of hydrogen-bond donors (Lipinski definition) is 0. The highest BCUT2D eigenvalue weighted by Gasteiger charge is 2.34. The second-order valence-corrected chi connectivity index (χ2v) is 3.54. The summed E-state index contributed by atoms with van der Waals surface area (Å²) in [4.78, 5) is 0. The monoisotopic (exact) mass is 248 g/mol. The fraction of sp³-hybridized carbons (Fsp3) is 0.500. The van der Waals surface area contributed by atoms with Gasteiger partial charge in [0, 0.05) is 6.61 Å². The van der Waals surface area contributed by atoms with Crippen LogP contribution in [0, 0.1) is 6.92 Å². The molecule has 1 aromatic carbocycles. The van der Waals surface area contributed by atoms with Gasteiger partial charge in [-0.15, -0.1) is 0 Å². The second kappa shape index (κ2) is 5.91. The number of hydrogen-bond acceptors (Lipinski definition) is 2. The van der Waals surface area contributed by atoms with Gasteiger partial charge in [-0.05, 0) is 26.0 Å². The molecule has 0 saturated heterocycles. The van der Waals surface area contributed by atoms with E-state index < -0.39 is 11.7 Å². The van der Waals surface area contributed by atoms with Crippen LogP contribution in [0.25, 0.3) is 0 Å². The van der Waals surface area contributed by atoms with Gasteiger partial charge in [-0.2, -0.15) is 13.2 Å². The second-order valence-electron chi connectivity index (χ2n) is 3.54. The minimum absolute atomic E-state index is 0.111. The number of alkyl halides is 3. The van der Waals surface area contributed by atoms with Crippen LogP contribution in [0.5, 0.6) is 5.75 Å². The molecule has 17 heavy (non-hydrogen) atoms. The molecule has 1 aromatic rings. The fourth-order valence-electron chi connectivity index (χ4n) is 1.35. The maximum absolute atomic E-state index is 12.7. The summed E-state index contributed by atoms with van der Waals surface area (Å²) in [5.41, 5.74) is -0.191. The molecule has 1 rings (SSSR count). The first-order chi connectivity index (χ1) is 7.95. The third-order valence-electron chi connectivity index (χ3n) is 2.13. The Balaban J connectivity index is 2.77. The van der Waals surface area contributed by atoms with Gasteiger partial charge in [0.1, 0.15) is 12.4 Å². The lowest BCUT2D eigenvalue weighted by Crippen LogP contribution is -2.12. The Hall–Kier alpha value is -1.23. The van der Waals surface area contributed by atoms with Crippen molar-refractivity contribution in [1.82, 2.24) is 0 Å². The Labute approximate surface area is 98.3 Å². The average Bonchev–Trinajstić information content (AvgIpc) is 2.25. The summed E-state index contributed by atoms with van der Waals surface area (Å²) in [5, 5.41) is 0. The summed E-state index contributed by atoms with van der Waals surface area (Å²) in [6.07, 6.45) is -4.40. The Bertz CT molecular complexity index is 361. The van der Waals surface area contributed by atoms with Gasteiger partial charge in [-0.3, -0.25) is 0 Å². The highest BCUT2D eigenvalue weighted by molar-refractivity contribution is 5.38. The van der Waals surface area contributed by atoms with E-state index in [-0.39, 0.29) is 19.0 Å². The van der Waals surface area contributed by atoms with E-state index in [1.165, 1.54) is 6.07 Å². The molecule has 0 spiro atoms. The first-order valence-electron chi connectivity index (χ1n) is 5.33. The third kappa shape index (κ3) is 4.26. The number of ether oxygens (including phenoxy) is 2. The molecule has 0 fully saturated rings. The van der Waals surface area contributed by atoms with E-state index in [1.54, 1.807) is 13.0 Å². The summed E-state index contributed by atoms with van der Waals surface area (Å²) in [7, 11) is 0. The summed E-state index contributed by atoms with van der Waals surface area (Å²) in [5.74, 6) is -0.150. The zero-order valence-electron chi connectivity index (χ0n) is 9.80. The van der Waals surface area contributed by atoms with Crippen molar-refractivity contribution < 1.29 is 22.6 Å². The molecule has 0 aliphatic carbocycles. The smallest absolute Gasteiger partial charge is 0.419 e. The predicted molar refractivity (Wildman–Crippen MR) is 58.2 cm³/mol. The van der Waals surface area contributed by atoms with Crippen LogP contribution in [-0.4, -0.2) is 19.8 Å². The largest absolute Gasteiger partial charge is 0.491 e. The van der Waals surface area contributed by atoms with Crippen LogP contribution in [0.1, 0.15) is 18.1 Å². The van der Waals surface area contributed by atoms with Crippen molar-refractivity contribution in [3.05, 3.63) is 29.3 Å². The minimum Gasteiger partial charge on any atom is -0.491 e. The molecule has 0 radical (unpaired) electrons. The van der Waals surface area contributed by atoms with Crippen molar-refractivity contribution in [2.75, 3.05) is 19.8 Å². The predicted octanol–water partition coefficient (Wildman–Crippen LogP) is 3.43. The molecule has 0 N–H and O–H groups in total. The standard InChI is InChI=1S/C12H15F3O2/c1-3-16-6-7-17-11-5-4-9(2)8-10(11)12(13,14)15/h4-5,8H,3,6-7H2,1-2H3. The fourth-order valence-corrected chi connectivity index (χ4v) is 1.35. The SMILES string of the molecule is CCOCCOc1ccc(C)cc1C(F)(F)F. The van der Waals surface area contributed by atoms with E-state index in [1.807, 2.05) is 6.92 Å². The molecule has 0 aliphatic heterocycles. The highest BCUT2D eigenvalue weighted by atomic mass is 19.4. The number of halogens is 3. The zero-order chi connectivity index (χ0) is 12.9. The number of rotatable bonds is 5. The maximum atomic E-state index is 12.7.